The molecule has 1 N–H and O–H groups in total. The molecule has 1 atom stereocenters. The average molecular weight is 270 g/mol. The van der Waals surface area contributed by atoms with E-state index in [1.165, 1.54) is 18.4 Å². The zero-order chi connectivity index (χ0) is 13.8. The Balaban J connectivity index is 1.61. The molecule has 0 radical (unpaired) electrons. The van der Waals surface area contributed by atoms with Crippen LogP contribution < -0.4 is 5.32 Å². The Morgan fingerprint density at radius 1 is 1.30 bits per heavy atom. The topological polar surface area (TPSA) is 42.7 Å². The maximum Gasteiger partial charge on any atom is 0.0827 e. The van der Waals surface area contributed by atoms with Crippen LogP contribution in [-0.2, 0) is 13.5 Å². The summed E-state index contributed by atoms with van der Waals surface area (Å²) < 4.78 is 1.77. The summed E-state index contributed by atoms with van der Waals surface area (Å²) >= 11 is 0. The van der Waals surface area contributed by atoms with Gasteiger partial charge in [0.1, 0.15) is 0 Å². The molecule has 1 heterocycles. The van der Waals surface area contributed by atoms with E-state index < -0.39 is 0 Å². The second kappa shape index (κ2) is 6.18. The van der Waals surface area contributed by atoms with E-state index in [1.807, 2.05) is 13.2 Å². The third-order valence-electron chi connectivity index (χ3n) is 3.90. The normalized spacial score (nSPS) is 16.2. The van der Waals surface area contributed by atoms with Crippen LogP contribution in [0.1, 0.15) is 36.4 Å². The lowest BCUT2D eigenvalue weighted by Crippen LogP contribution is -2.24. The van der Waals surface area contributed by atoms with Gasteiger partial charge in [-0.25, -0.2) is 0 Å². The summed E-state index contributed by atoms with van der Waals surface area (Å²) in [4.78, 5) is 0. The minimum atomic E-state index is 0.554. The first-order valence-corrected chi connectivity index (χ1v) is 7.45. The highest BCUT2D eigenvalue weighted by Gasteiger charge is 2.22. The highest BCUT2D eigenvalue weighted by molar-refractivity contribution is 5.20. The van der Waals surface area contributed by atoms with E-state index in [-0.39, 0.29) is 0 Å². The molecule has 0 amide bonds. The number of hydrogen-bond donors (Lipinski definition) is 1. The van der Waals surface area contributed by atoms with Gasteiger partial charge in [-0.1, -0.05) is 35.5 Å². The van der Waals surface area contributed by atoms with E-state index >= 15 is 0 Å². The monoisotopic (exact) mass is 270 g/mol. The second-order valence-electron chi connectivity index (χ2n) is 5.71. The molecule has 1 aliphatic carbocycles. The maximum atomic E-state index is 4.18. The molecule has 1 aliphatic rings. The zero-order valence-electron chi connectivity index (χ0n) is 12.0. The van der Waals surface area contributed by atoms with Crippen molar-refractivity contribution in [2.45, 2.75) is 37.6 Å². The number of benzene rings is 1. The summed E-state index contributed by atoms with van der Waals surface area (Å²) in [5.41, 5.74) is 2.50. The number of nitrogens with one attached hydrogen (secondary N) is 1. The van der Waals surface area contributed by atoms with Crippen LogP contribution in [-0.4, -0.2) is 27.6 Å². The fraction of sp³-hybridized carbons (Fsp3) is 0.500. The maximum absolute atomic E-state index is 4.18. The van der Waals surface area contributed by atoms with Gasteiger partial charge in [0.25, 0.3) is 0 Å². The first-order valence-electron chi connectivity index (χ1n) is 7.45. The smallest absolute Gasteiger partial charge is 0.0827 e. The molecule has 0 saturated heterocycles. The van der Waals surface area contributed by atoms with E-state index in [1.54, 1.807) is 4.68 Å². The van der Waals surface area contributed by atoms with Gasteiger partial charge in [-0.05, 0) is 37.2 Å². The van der Waals surface area contributed by atoms with Crippen molar-refractivity contribution in [3.8, 4) is 0 Å². The van der Waals surface area contributed by atoms with Crippen molar-refractivity contribution in [2.24, 2.45) is 7.05 Å². The van der Waals surface area contributed by atoms with E-state index in [9.17, 15) is 0 Å². The van der Waals surface area contributed by atoms with Gasteiger partial charge in [-0.15, -0.1) is 5.10 Å². The van der Waals surface area contributed by atoms with Gasteiger partial charge in [0.15, 0.2) is 0 Å². The molecule has 106 valence electrons. The van der Waals surface area contributed by atoms with Gasteiger partial charge in [0.2, 0.25) is 0 Å². The first-order chi connectivity index (χ1) is 9.81. The Kier molecular flexibility index (Phi) is 4.11. The van der Waals surface area contributed by atoms with E-state index in [0.29, 0.717) is 5.92 Å². The molecule has 20 heavy (non-hydrogen) atoms. The third kappa shape index (κ3) is 3.67. The number of nitrogens with zero attached hydrogens (tertiary/aromatic N) is 3. The molecule has 4 heteroatoms. The fourth-order valence-corrected chi connectivity index (χ4v) is 2.54. The van der Waals surface area contributed by atoms with Crippen LogP contribution in [0.3, 0.4) is 0 Å². The summed E-state index contributed by atoms with van der Waals surface area (Å²) in [6, 6.07) is 11.6. The predicted molar refractivity (Wildman–Crippen MR) is 79.5 cm³/mol. The van der Waals surface area contributed by atoms with Crippen LogP contribution in [0.2, 0.25) is 0 Å². The highest BCUT2D eigenvalue weighted by Crippen LogP contribution is 2.24. The second-order valence-corrected chi connectivity index (χ2v) is 5.71. The quantitative estimate of drug-likeness (QED) is 0.839. The number of aromatic nitrogens is 3. The van der Waals surface area contributed by atoms with Crippen molar-refractivity contribution < 1.29 is 0 Å². The predicted octanol–water partition coefficient (Wildman–Crippen LogP) is 2.28. The van der Waals surface area contributed by atoms with Crippen molar-refractivity contribution in [3.63, 3.8) is 0 Å². The lowest BCUT2D eigenvalue weighted by Gasteiger charge is -2.17. The SMILES string of the molecule is Cn1cc(CCC(CNC2CC2)c2ccccc2)nn1. The van der Waals surface area contributed by atoms with Crippen LogP contribution >= 0.6 is 0 Å². The molecule has 1 unspecified atom stereocenters. The molecule has 0 bridgehead atoms. The van der Waals surface area contributed by atoms with Crippen LogP contribution in [0.5, 0.6) is 0 Å². The van der Waals surface area contributed by atoms with Gasteiger partial charge in [-0.2, -0.15) is 0 Å². The van der Waals surface area contributed by atoms with Crippen LogP contribution in [0.25, 0.3) is 0 Å². The summed E-state index contributed by atoms with van der Waals surface area (Å²) in [5.74, 6) is 0.554. The molecular formula is C16H22N4. The van der Waals surface area contributed by atoms with Crippen molar-refractivity contribution in [3.05, 3.63) is 47.8 Å². The fourth-order valence-electron chi connectivity index (χ4n) is 2.54. The molecule has 3 rings (SSSR count). The average Bonchev–Trinajstić information content (AvgIpc) is 3.21. The number of hydrogen-bond acceptors (Lipinski definition) is 3. The zero-order valence-corrected chi connectivity index (χ0v) is 12.0. The third-order valence-corrected chi connectivity index (χ3v) is 3.90. The largest absolute Gasteiger partial charge is 0.313 e. The molecule has 1 aromatic heterocycles. The van der Waals surface area contributed by atoms with Crippen LogP contribution in [0, 0.1) is 0 Å². The summed E-state index contributed by atoms with van der Waals surface area (Å²) in [6.45, 7) is 1.06. The van der Waals surface area contributed by atoms with Gasteiger partial charge in [0.05, 0.1) is 5.69 Å². The summed E-state index contributed by atoms with van der Waals surface area (Å²) in [6.07, 6.45) is 6.79. The lowest BCUT2D eigenvalue weighted by molar-refractivity contribution is 0.545. The summed E-state index contributed by atoms with van der Waals surface area (Å²) in [7, 11) is 1.92. The number of aryl methyl sites for hydroxylation is 2. The number of rotatable bonds is 7. The Hall–Kier alpha value is -1.68. The molecule has 1 saturated carbocycles. The van der Waals surface area contributed by atoms with Gasteiger partial charge >= 0.3 is 0 Å². The standard InChI is InChI=1S/C16H22N4/c1-20-12-16(18-19-20)8-7-14(11-17-15-9-10-15)13-5-3-2-4-6-13/h2-6,12,14-15,17H,7-11H2,1H3. The van der Waals surface area contributed by atoms with Crippen LogP contribution in [0.4, 0.5) is 0 Å². The Morgan fingerprint density at radius 2 is 2.10 bits per heavy atom. The van der Waals surface area contributed by atoms with Crippen molar-refractivity contribution in [1.29, 1.82) is 0 Å². The molecule has 0 spiro atoms. The minimum absolute atomic E-state index is 0.554. The Bertz CT molecular complexity index is 530. The van der Waals surface area contributed by atoms with Crippen molar-refractivity contribution in [1.82, 2.24) is 20.3 Å². The van der Waals surface area contributed by atoms with Gasteiger partial charge in [0, 0.05) is 25.8 Å². The highest BCUT2D eigenvalue weighted by atomic mass is 15.4. The van der Waals surface area contributed by atoms with Crippen LogP contribution in [0.15, 0.2) is 36.5 Å². The molecule has 4 nitrogen and oxygen atoms in total. The molecule has 1 aromatic carbocycles. The van der Waals surface area contributed by atoms with E-state index in [4.69, 9.17) is 0 Å². The lowest BCUT2D eigenvalue weighted by atomic mass is 9.93. The minimum Gasteiger partial charge on any atom is -0.313 e. The van der Waals surface area contributed by atoms with Gasteiger partial charge in [-0.3, -0.25) is 4.68 Å². The van der Waals surface area contributed by atoms with E-state index in [0.717, 1.165) is 31.1 Å². The Labute approximate surface area is 120 Å². The summed E-state index contributed by atoms with van der Waals surface area (Å²) in [5, 5.41) is 11.8. The first kappa shape index (κ1) is 13.3. The molecular weight excluding hydrogens is 248 g/mol. The molecule has 0 aliphatic heterocycles. The van der Waals surface area contributed by atoms with Crippen molar-refractivity contribution >= 4 is 0 Å². The van der Waals surface area contributed by atoms with Gasteiger partial charge < -0.3 is 5.32 Å². The van der Waals surface area contributed by atoms with Crippen molar-refractivity contribution in [2.75, 3.05) is 6.54 Å². The van der Waals surface area contributed by atoms with E-state index in [2.05, 4.69) is 46.0 Å². The molecule has 1 fully saturated rings. The Morgan fingerprint density at radius 3 is 2.75 bits per heavy atom. The molecule has 2 aromatic rings.